The fourth-order valence-corrected chi connectivity index (χ4v) is 4.61. The van der Waals surface area contributed by atoms with Gasteiger partial charge in [-0.05, 0) is 49.8 Å². The van der Waals surface area contributed by atoms with E-state index in [9.17, 15) is 8.42 Å². The zero-order valence-electron chi connectivity index (χ0n) is 20.9. The standard InChI is InChI=1S/C28H42O5S/c1-3-5-6-7-8-9-14-22-32-26-20-16-21-27(28(26)24-17-11-10-12-18-24)33-25(4-2)19-13-15-23-34(29,30)31/h10-12,16-18,20-21,25H,3-9,13-15,19,22-23H2,1-2H3,(H,29,30,31). The minimum absolute atomic E-state index is 0.0396. The molecule has 6 heteroatoms. The average Bonchev–Trinajstić information content (AvgIpc) is 2.82. The van der Waals surface area contributed by atoms with Gasteiger partial charge < -0.3 is 9.47 Å². The molecular weight excluding hydrogens is 448 g/mol. The zero-order chi connectivity index (χ0) is 24.7. The van der Waals surface area contributed by atoms with Crippen LogP contribution in [0.2, 0.25) is 0 Å². The molecule has 0 aromatic heterocycles. The fraction of sp³-hybridized carbons (Fsp3) is 0.571. The molecule has 0 aliphatic heterocycles. The summed E-state index contributed by atoms with van der Waals surface area (Å²) < 4.78 is 43.5. The van der Waals surface area contributed by atoms with Gasteiger partial charge in [-0.15, -0.1) is 0 Å². The molecule has 0 saturated carbocycles. The van der Waals surface area contributed by atoms with Gasteiger partial charge in [0.15, 0.2) is 0 Å². The summed E-state index contributed by atoms with van der Waals surface area (Å²) in [5.74, 6) is 1.40. The van der Waals surface area contributed by atoms with E-state index in [-0.39, 0.29) is 11.9 Å². The minimum Gasteiger partial charge on any atom is -0.493 e. The Morgan fingerprint density at radius 1 is 0.794 bits per heavy atom. The Morgan fingerprint density at radius 3 is 2.15 bits per heavy atom. The van der Waals surface area contributed by atoms with Gasteiger partial charge in [0.1, 0.15) is 11.5 Å². The largest absolute Gasteiger partial charge is 0.493 e. The van der Waals surface area contributed by atoms with Crippen molar-refractivity contribution in [1.29, 1.82) is 0 Å². The molecule has 5 nitrogen and oxygen atoms in total. The smallest absolute Gasteiger partial charge is 0.264 e. The highest BCUT2D eigenvalue weighted by Gasteiger charge is 2.17. The number of unbranched alkanes of at least 4 members (excludes halogenated alkanes) is 7. The van der Waals surface area contributed by atoms with Crippen molar-refractivity contribution >= 4 is 10.1 Å². The lowest BCUT2D eigenvalue weighted by Crippen LogP contribution is -2.16. The van der Waals surface area contributed by atoms with E-state index in [0.717, 1.165) is 41.9 Å². The van der Waals surface area contributed by atoms with Crippen LogP contribution >= 0.6 is 0 Å². The molecule has 0 saturated heterocycles. The van der Waals surface area contributed by atoms with Crippen LogP contribution in [-0.2, 0) is 10.1 Å². The first kappa shape index (κ1) is 28.2. The first-order chi connectivity index (χ1) is 16.4. The van der Waals surface area contributed by atoms with E-state index in [1.54, 1.807) is 0 Å². The van der Waals surface area contributed by atoms with E-state index in [1.165, 1.54) is 38.5 Å². The van der Waals surface area contributed by atoms with Crippen LogP contribution in [-0.4, -0.2) is 31.4 Å². The molecule has 0 spiro atoms. The molecule has 0 radical (unpaired) electrons. The number of rotatable bonds is 18. The van der Waals surface area contributed by atoms with E-state index < -0.39 is 10.1 Å². The second-order valence-electron chi connectivity index (χ2n) is 8.90. The number of ether oxygens (including phenoxy) is 2. The summed E-state index contributed by atoms with van der Waals surface area (Å²) in [5.41, 5.74) is 2.01. The van der Waals surface area contributed by atoms with Crippen molar-refractivity contribution in [2.24, 2.45) is 0 Å². The Bertz CT molecular complexity index is 912. The maximum absolute atomic E-state index is 11.0. The molecule has 1 N–H and O–H groups in total. The van der Waals surface area contributed by atoms with Gasteiger partial charge in [0.2, 0.25) is 0 Å². The highest BCUT2D eigenvalue weighted by atomic mass is 32.2. The number of benzene rings is 2. The molecule has 0 amide bonds. The monoisotopic (exact) mass is 490 g/mol. The summed E-state index contributed by atoms with van der Waals surface area (Å²) in [6, 6.07) is 16.1. The Labute approximate surface area is 206 Å². The molecular formula is C28H42O5S. The Balaban J connectivity index is 2.03. The third kappa shape index (κ3) is 10.9. The van der Waals surface area contributed by atoms with E-state index in [0.29, 0.717) is 19.4 Å². The van der Waals surface area contributed by atoms with E-state index in [4.69, 9.17) is 14.0 Å². The van der Waals surface area contributed by atoms with Crippen LogP contribution in [0.15, 0.2) is 48.5 Å². The topological polar surface area (TPSA) is 72.8 Å². The summed E-state index contributed by atoms with van der Waals surface area (Å²) in [4.78, 5) is 0. The summed E-state index contributed by atoms with van der Waals surface area (Å²) in [5, 5.41) is 0. The summed E-state index contributed by atoms with van der Waals surface area (Å²) >= 11 is 0. The van der Waals surface area contributed by atoms with Gasteiger partial charge >= 0.3 is 0 Å². The van der Waals surface area contributed by atoms with Crippen LogP contribution < -0.4 is 9.47 Å². The third-order valence-electron chi connectivity index (χ3n) is 5.98. The van der Waals surface area contributed by atoms with Gasteiger partial charge in [0.25, 0.3) is 10.1 Å². The second-order valence-corrected chi connectivity index (χ2v) is 10.5. The fourth-order valence-electron chi connectivity index (χ4n) is 4.04. The normalized spacial score (nSPS) is 12.4. The molecule has 0 fully saturated rings. The highest BCUT2D eigenvalue weighted by molar-refractivity contribution is 7.85. The Kier molecular flexibility index (Phi) is 13.1. The molecule has 0 aliphatic rings. The lowest BCUT2D eigenvalue weighted by Gasteiger charge is -2.22. The first-order valence-corrected chi connectivity index (χ1v) is 14.5. The van der Waals surface area contributed by atoms with Crippen LogP contribution in [0.1, 0.15) is 84.5 Å². The van der Waals surface area contributed by atoms with Crippen molar-refractivity contribution in [3.63, 3.8) is 0 Å². The minimum atomic E-state index is -3.91. The van der Waals surface area contributed by atoms with Gasteiger partial charge in [0, 0.05) is 0 Å². The van der Waals surface area contributed by atoms with Crippen molar-refractivity contribution < 1.29 is 22.4 Å². The van der Waals surface area contributed by atoms with Crippen molar-refractivity contribution in [2.75, 3.05) is 12.4 Å². The molecule has 1 unspecified atom stereocenters. The SMILES string of the molecule is CCCCCCCCCOc1cccc(OC(CC)CCCCS(=O)(=O)O)c1-c1ccccc1. The van der Waals surface area contributed by atoms with Crippen LogP contribution in [0.25, 0.3) is 11.1 Å². The molecule has 34 heavy (non-hydrogen) atoms. The molecule has 1 atom stereocenters. The maximum Gasteiger partial charge on any atom is 0.264 e. The Morgan fingerprint density at radius 2 is 1.47 bits per heavy atom. The number of hydrogen-bond donors (Lipinski definition) is 1. The van der Waals surface area contributed by atoms with Crippen LogP contribution in [0.4, 0.5) is 0 Å². The van der Waals surface area contributed by atoms with Crippen molar-refractivity contribution in [2.45, 2.75) is 90.6 Å². The highest BCUT2D eigenvalue weighted by Crippen LogP contribution is 2.39. The third-order valence-corrected chi connectivity index (χ3v) is 6.79. The molecule has 2 rings (SSSR count). The van der Waals surface area contributed by atoms with Crippen molar-refractivity contribution in [3.8, 4) is 22.6 Å². The van der Waals surface area contributed by atoms with E-state index in [1.807, 2.05) is 36.4 Å². The second kappa shape index (κ2) is 15.8. The van der Waals surface area contributed by atoms with Crippen molar-refractivity contribution in [1.82, 2.24) is 0 Å². The lowest BCUT2D eigenvalue weighted by atomic mass is 10.0. The molecule has 0 bridgehead atoms. The van der Waals surface area contributed by atoms with Crippen LogP contribution in [0.5, 0.6) is 11.5 Å². The van der Waals surface area contributed by atoms with Gasteiger partial charge in [-0.25, -0.2) is 0 Å². The predicted molar refractivity (Wildman–Crippen MR) is 140 cm³/mol. The molecule has 0 aliphatic carbocycles. The van der Waals surface area contributed by atoms with E-state index in [2.05, 4.69) is 26.0 Å². The molecule has 190 valence electrons. The molecule has 0 heterocycles. The average molecular weight is 491 g/mol. The summed E-state index contributed by atoms with van der Waals surface area (Å²) in [6.07, 6.45) is 11.3. The molecule has 2 aromatic rings. The van der Waals surface area contributed by atoms with E-state index >= 15 is 0 Å². The predicted octanol–water partition coefficient (Wildman–Crippen LogP) is 7.70. The first-order valence-electron chi connectivity index (χ1n) is 12.9. The quantitative estimate of drug-likeness (QED) is 0.171. The van der Waals surface area contributed by atoms with Crippen LogP contribution in [0.3, 0.4) is 0 Å². The number of hydrogen-bond acceptors (Lipinski definition) is 4. The van der Waals surface area contributed by atoms with Crippen molar-refractivity contribution in [3.05, 3.63) is 48.5 Å². The van der Waals surface area contributed by atoms with Gasteiger partial charge in [-0.1, -0.05) is 88.8 Å². The van der Waals surface area contributed by atoms with Gasteiger partial charge in [-0.2, -0.15) is 8.42 Å². The Hall–Kier alpha value is -2.05. The van der Waals surface area contributed by atoms with Gasteiger partial charge in [-0.3, -0.25) is 4.55 Å². The zero-order valence-corrected chi connectivity index (χ0v) is 21.7. The maximum atomic E-state index is 11.0. The van der Waals surface area contributed by atoms with Crippen LogP contribution in [0, 0.1) is 0 Å². The summed E-state index contributed by atoms with van der Waals surface area (Å²) in [7, 11) is -3.91. The molecule has 2 aromatic carbocycles. The lowest BCUT2D eigenvalue weighted by molar-refractivity contribution is 0.183. The summed E-state index contributed by atoms with van der Waals surface area (Å²) in [6.45, 7) is 4.99. The van der Waals surface area contributed by atoms with Gasteiger partial charge in [0.05, 0.1) is 24.0 Å².